The van der Waals surface area contributed by atoms with Crippen molar-refractivity contribution < 1.29 is 35.7 Å². The first-order valence-corrected chi connectivity index (χ1v) is 11.7. The Bertz CT molecular complexity index is 971. The van der Waals surface area contributed by atoms with E-state index in [4.69, 9.17) is 9.15 Å². The molecule has 6 heteroatoms. The lowest BCUT2D eigenvalue weighted by molar-refractivity contribution is -0.904. The largest absolute Gasteiger partial charge is 1.00 e. The summed E-state index contributed by atoms with van der Waals surface area (Å²) in [5.41, 5.74) is -0.302. The number of aromatic nitrogens is 1. The second-order valence-electron chi connectivity index (χ2n) is 9.58. The fraction of sp³-hybridized carbons (Fsp3) is 0.444. The zero-order valence-corrected chi connectivity index (χ0v) is 21.2. The molecule has 0 bridgehead atoms. The quantitative estimate of drug-likeness (QED) is 0.332. The summed E-state index contributed by atoms with van der Waals surface area (Å²) in [6.45, 7) is 2.35. The van der Waals surface area contributed by atoms with Gasteiger partial charge in [-0.05, 0) is 30.5 Å². The van der Waals surface area contributed by atoms with Crippen molar-refractivity contribution in [2.75, 3.05) is 27.2 Å². The number of para-hydroxylation sites is 1. The maximum Gasteiger partial charge on any atom is 0.231 e. The molecule has 5 nitrogen and oxygen atoms in total. The first-order valence-electron chi connectivity index (χ1n) is 11.7. The average molecular weight is 515 g/mol. The maximum absolute atomic E-state index is 11.9. The third kappa shape index (κ3) is 6.25. The monoisotopic (exact) mass is 514 g/mol. The van der Waals surface area contributed by atoms with Crippen molar-refractivity contribution in [3.8, 4) is 5.75 Å². The molecule has 0 saturated heterocycles. The van der Waals surface area contributed by atoms with Crippen LogP contribution in [0.1, 0.15) is 49.3 Å². The molecule has 1 aliphatic carbocycles. The van der Waals surface area contributed by atoms with Gasteiger partial charge >= 0.3 is 0 Å². The number of rotatable bonds is 10. The molecule has 0 unspecified atom stereocenters. The van der Waals surface area contributed by atoms with Gasteiger partial charge < -0.3 is 35.7 Å². The number of hydrogen-bond acceptors (Lipinski definition) is 4. The molecule has 1 saturated carbocycles. The van der Waals surface area contributed by atoms with Gasteiger partial charge in [0.05, 0.1) is 33.4 Å². The van der Waals surface area contributed by atoms with Crippen LogP contribution in [0.5, 0.6) is 5.75 Å². The molecule has 1 aromatic heterocycles. The second-order valence-corrected chi connectivity index (χ2v) is 9.58. The highest BCUT2D eigenvalue weighted by Crippen LogP contribution is 2.44. The van der Waals surface area contributed by atoms with Crippen LogP contribution in [0.3, 0.4) is 0 Å². The molecule has 4 rings (SSSR count). The Morgan fingerprint density at radius 3 is 2.33 bits per heavy atom. The summed E-state index contributed by atoms with van der Waals surface area (Å²) >= 11 is 0. The van der Waals surface area contributed by atoms with Gasteiger partial charge in [-0.3, -0.25) is 0 Å². The number of hydrogen-bond donors (Lipinski definition) is 1. The SMILES string of the molecule is C[N+](C)(CCCOc1ccccc1)Cc1cnc([C@@](O)(c2ccccc2)C2CCCC2)o1.[Br-]. The summed E-state index contributed by atoms with van der Waals surface area (Å²) in [5.74, 6) is 2.28. The fourth-order valence-corrected chi connectivity index (χ4v) is 4.83. The van der Waals surface area contributed by atoms with E-state index in [-0.39, 0.29) is 22.9 Å². The lowest BCUT2D eigenvalue weighted by atomic mass is 9.80. The standard InChI is InChI=1S/C27H35N2O3.BrH/c1-29(2,18-11-19-31-24-16-7-4-8-17-24)21-25-20-28-26(32-25)27(30,23-14-9-10-15-23)22-12-5-3-6-13-22;/h3-8,12-13,16-17,20,23,30H,9-11,14-15,18-19,21H2,1-2H3;1H/q+1;/p-1/t27-;/m1./s1. The zero-order valence-electron chi connectivity index (χ0n) is 19.6. The van der Waals surface area contributed by atoms with Gasteiger partial charge in [0.2, 0.25) is 5.89 Å². The molecule has 0 aliphatic heterocycles. The lowest BCUT2D eigenvalue weighted by Crippen LogP contribution is -3.00. The molecule has 1 atom stereocenters. The molecule has 1 heterocycles. The van der Waals surface area contributed by atoms with E-state index >= 15 is 0 Å². The molecular formula is C27H35BrN2O3. The summed E-state index contributed by atoms with van der Waals surface area (Å²) < 4.78 is 12.8. The summed E-state index contributed by atoms with van der Waals surface area (Å²) in [7, 11) is 4.37. The minimum absolute atomic E-state index is 0. The van der Waals surface area contributed by atoms with E-state index in [2.05, 4.69) is 19.1 Å². The lowest BCUT2D eigenvalue weighted by Gasteiger charge is -2.32. The van der Waals surface area contributed by atoms with Crippen LogP contribution in [-0.4, -0.2) is 41.8 Å². The number of aliphatic hydroxyl groups is 1. The van der Waals surface area contributed by atoms with E-state index in [1.165, 1.54) is 0 Å². The Kier molecular flexibility index (Phi) is 8.74. The van der Waals surface area contributed by atoms with Gasteiger partial charge in [-0.25, -0.2) is 4.98 Å². The Labute approximate surface area is 207 Å². The average Bonchev–Trinajstić information content (AvgIpc) is 3.50. The van der Waals surface area contributed by atoms with E-state index < -0.39 is 5.60 Å². The van der Waals surface area contributed by atoms with Gasteiger partial charge in [0.25, 0.3) is 0 Å². The predicted molar refractivity (Wildman–Crippen MR) is 125 cm³/mol. The van der Waals surface area contributed by atoms with Crippen molar-refractivity contribution in [1.82, 2.24) is 4.98 Å². The number of ether oxygens (including phenoxy) is 1. The number of halogens is 1. The van der Waals surface area contributed by atoms with Crippen LogP contribution in [0, 0.1) is 5.92 Å². The first-order chi connectivity index (χ1) is 15.5. The van der Waals surface area contributed by atoms with Crippen LogP contribution in [0.4, 0.5) is 0 Å². The highest BCUT2D eigenvalue weighted by molar-refractivity contribution is 5.30. The Balaban J connectivity index is 0.00000306. The van der Waals surface area contributed by atoms with Crippen LogP contribution >= 0.6 is 0 Å². The van der Waals surface area contributed by atoms with E-state index in [0.29, 0.717) is 19.0 Å². The van der Waals surface area contributed by atoms with Crippen LogP contribution in [-0.2, 0) is 12.1 Å². The summed E-state index contributed by atoms with van der Waals surface area (Å²) in [6, 6.07) is 19.8. The first kappa shape index (κ1) is 25.5. The molecule has 1 fully saturated rings. The summed E-state index contributed by atoms with van der Waals surface area (Å²) in [4.78, 5) is 4.58. The van der Waals surface area contributed by atoms with Crippen molar-refractivity contribution in [3.05, 3.63) is 84.1 Å². The van der Waals surface area contributed by atoms with Gasteiger partial charge in [-0.2, -0.15) is 0 Å². The number of benzene rings is 2. The molecule has 0 spiro atoms. The van der Waals surface area contributed by atoms with Crippen LogP contribution in [0.25, 0.3) is 0 Å². The topological polar surface area (TPSA) is 55.5 Å². The molecule has 33 heavy (non-hydrogen) atoms. The third-order valence-electron chi connectivity index (χ3n) is 6.54. The van der Waals surface area contributed by atoms with Crippen molar-refractivity contribution in [2.24, 2.45) is 5.92 Å². The minimum Gasteiger partial charge on any atom is -1.00 e. The second kappa shape index (κ2) is 11.3. The molecule has 0 amide bonds. The molecule has 178 valence electrons. The predicted octanol–water partition coefficient (Wildman–Crippen LogP) is 2.15. The van der Waals surface area contributed by atoms with Gasteiger partial charge in [-0.15, -0.1) is 0 Å². The van der Waals surface area contributed by atoms with Crippen molar-refractivity contribution in [2.45, 2.75) is 44.2 Å². The molecule has 1 aliphatic rings. The smallest absolute Gasteiger partial charge is 0.231 e. The minimum atomic E-state index is -1.17. The molecule has 3 aromatic rings. The highest BCUT2D eigenvalue weighted by Gasteiger charge is 2.45. The van der Waals surface area contributed by atoms with Crippen molar-refractivity contribution >= 4 is 0 Å². The van der Waals surface area contributed by atoms with Crippen molar-refractivity contribution in [1.29, 1.82) is 0 Å². The fourth-order valence-electron chi connectivity index (χ4n) is 4.83. The number of quaternary nitrogens is 1. The van der Waals surface area contributed by atoms with E-state index in [9.17, 15) is 5.11 Å². The zero-order chi connectivity index (χ0) is 22.4. The van der Waals surface area contributed by atoms with Crippen LogP contribution < -0.4 is 21.7 Å². The normalized spacial score (nSPS) is 16.2. The molecule has 1 N–H and O–H groups in total. The summed E-state index contributed by atoms with van der Waals surface area (Å²) in [6.07, 6.45) is 7.00. The van der Waals surface area contributed by atoms with Gasteiger partial charge in [0, 0.05) is 12.3 Å². The Morgan fingerprint density at radius 2 is 1.67 bits per heavy atom. The van der Waals surface area contributed by atoms with Gasteiger partial charge in [-0.1, -0.05) is 61.4 Å². The number of nitrogens with zero attached hydrogens (tertiary/aromatic N) is 2. The van der Waals surface area contributed by atoms with Gasteiger partial charge in [0.15, 0.2) is 11.4 Å². The van der Waals surface area contributed by atoms with Crippen molar-refractivity contribution in [3.63, 3.8) is 0 Å². The van der Waals surface area contributed by atoms with E-state index in [1.807, 2.05) is 60.7 Å². The Morgan fingerprint density at radius 1 is 1.03 bits per heavy atom. The third-order valence-corrected chi connectivity index (χ3v) is 6.54. The van der Waals surface area contributed by atoms with Crippen LogP contribution in [0.15, 0.2) is 71.3 Å². The van der Waals surface area contributed by atoms with Crippen LogP contribution in [0.2, 0.25) is 0 Å². The summed E-state index contributed by atoms with van der Waals surface area (Å²) in [5, 5.41) is 11.9. The van der Waals surface area contributed by atoms with Gasteiger partial charge in [0.1, 0.15) is 12.3 Å². The van der Waals surface area contributed by atoms with E-state index in [1.54, 1.807) is 6.20 Å². The highest BCUT2D eigenvalue weighted by atomic mass is 79.9. The molecule has 2 aromatic carbocycles. The number of oxazole rings is 1. The maximum atomic E-state index is 11.9. The van der Waals surface area contributed by atoms with E-state index in [0.717, 1.165) is 60.2 Å². The molecular weight excluding hydrogens is 480 g/mol. The Hall–Kier alpha value is -2.15. The molecule has 0 radical (unpaired) electrons.